The lowest BCUT2D eigenvalue weighted by atomic mass is 10.5. The van der Waals surface area contributed by atoms with Gasteiger partial charge >= 0.3 is 0 Å². The van der Waals surface area contributed by atoms with Crippen LogP contribution in [0.1, 0.15) is 13.8 Å². The standard InChI is InChI=1S/C8H17NO4S3/c1-3-9(4-2)8(14)15-6-7(5-10)16(11,12)13/h7,10H,3-6H2,1-2H3,(H,11,12,13). The van der Waals surface area contributed by atoms with E-state index in [1.54, 1.807) is 0 Å². The van der Waals surface area contributed by atoms with Gasteiger partial charge in [0.05, 0.1) is 6.61 Å². The van der Waals surface area contributed by atoms with Crippen molar-refractivity contribution in [2.45, 2.75) is 19.1 Å². The van der Waals surface area contributed by atoms with Gasteiger partial charge in [-0.25, -0.2) is 0 Å². The molecule has 0 spiro atoms. The van der Waals surface area contributed by atoms with Crippen molar-refractivity contribution in [2.75, 3.05) is 25.4 Å². The Bertz CT molecular complexity index is 313. The number of aliphatic hydroxyl groups excluding tert-OH is 1. The van der Waals surface area contributed by atoms with Crippen LogP contribution in [-0.4, -0.2) is 58.0 Å². The summed E-state index contributed by atoms with van der Waals surface area (Å²) in [5.74, 6) is 0.0602. The predicted octanol–water partition coefficient (Wildman–Crippen LogP) is 0.595. The average molecular weight is 287 g/mol. The van der Waals surface area contributed by atoms with Crippen LogP contribution in [0.3, 0.4) is 0 Å². The van der Waals surface area contributed by atoms with Crippen molar-refractivity contribution < 1.29 is 18.1 Å². The monoisotopic (exact) mass is 287 g/mol. The highest BCUT2D eigenvalue weighted by molar-refractivity contribution is 8.23. The molecule has 96 valence electrons. The lowest BCUT2D eigenvalue weighted by Gasteiger charge is -2.21. The molecule has 0 heterocycles. The first-order chi connectivity index (χ1) is 7.36. The number of hydrogen-bond donors (Lipinski definition) is 2. The highest BCUT2D eigenvalue weighted by Gasteiger charge is 2.23. The maximum absolute atomic E-state index is 10.8. The van der Waals surface area contributed by atoms with E-state index < -0.39 is 22.0 Å². The fraction of sp³-hybridized carbons (Fsp3) is 0.875. The minimum atomic E-state index is -4.20. The van der Waals surface area contributed by atoms with E-state index in [1.165, 1.54) is 0 Å². The first kappa shape index (κ1) is 16.1. The lowest BCUT2D eigenvalue weighted by Crippen LogP contribution is -2.31. The summed E-state index contributed by atoms with van der Waals surface area (Å²) in [7, 11) is -4.20. The van der Waals surface area contributed by atoms with Crippen molar-refractivity contribution in [2.24, 2.45) is 0 Å². The topological polar surface area (TPSA) is 77.8 Å². The van der Waals surface area contributed by atoms with Crippen LogP contribution >= 0.6 is 24.0 Å². The molecule has 1 atom stereocenters. The molecule has 0 saturated heterocycles. The number of hydrogen-bond acceptors (Lipinski definition) is 5. The van der Waals surface area contributed by atoms with Crippen LogP contribution in [0.15, 0.2) is 0 Å². The Labute approximate surface area is 106 Å². The molecule has 0 aromatic rings. The second-order valence-electron chi connectivity index (χ2n) is 3.07. The lowest BCUT2D eigenvalue weighted by molar-refractivity contribution is 0.291. The highest BCUT2D eigenvalue weighted by Crippen LogP contribution is 2.14. The van der Waals surface area contributed by atoms with E-state index >= 15 is 0 Å². The molecule has 1 unspecified atom stereocenters. The Morgan fingerprint density at radius 1 is 1.44 bits per heavy atom. The molecule has 8 heteroatoms. The van der Waals surface area contributed by atoms with Crippen LogP contribution in [0, 0.1) is 0 Å². The minimum Gasteiger partial charge on any atom is -0.395 e. The fourth-order valence-electron chi connectivity index (χ4n) is 0.970. The molecule has 0 aliphatic heterocycles. The average Bonchev–Trinajstić information content (AvgIpc) is 2.18. The summed E-state index contributed by atoms with van der Waals surface area (Å²) in [6, 6.07) is 0. The van der Waals surface area contributed by atoms with Gasteiger partial charge in [0.25, 0.3) is 10.1 Å². The van der Waals surface area contributed by atoms with Crippen LogP contribution in [0.2, 0.25) is 0 Å². The van der Waals surface area contributed by atoms with E-state index in [0.29, 0.717) is 4.32 Å². The van der Waals surface area contributed by atoms with E-state index in [0.717, 1.165) is 24.9 Å². The first-order valence-electron chi connectivity index (χ1n) is 4.85. The molecule has 0 aliphatic carbocycles. The number of aliphatic hydroxyl groups is 1. The van der Waals surface area contributed by atoms with Crippen molar-refractivity contribution in [1.29, 1.82) is 0 Å². The first-order valence-corrected chi connectivity index (χ1v) is 7.75. The second-order valence-corrected chi connectivity index (χ2v) is 6.42. The fourth-order valence-corrected chi connectivity index (χ4v) is 3.39. The quantitative estimate of drug-likeness (QED) is 0.547. The zero-order valence-electron chi connectivity index (χ0n) is 9.29. The summed E-state index contributed by atoms with van der Waals surface area (Å²) in [6.45, 7) is 4.79. The van der Waals surface area contributed by atoms with Gasteiger partial charge < -0.3 is 10.0 Å². The maximum Gasteiger partial charge on any atom is 0.270 e. The third-order valence-corrected chi connectivity index (χ3v) is 5.09. The van der Waals surface area contributed by atoms with Crippen molar-refractivity contribution in [3.8, 4) is 0 Å². The molecule has 0 aromatic heterocycles. The van der Waals surface area contributed by atoms with Crippen LogP contribution < -0.4 is 0 Å². The normalized spacial score (nSPS) is 13.5. The molecule has 0 bridgehead atoms. The van der Waals surface area contributed by atoms with Crippen molar-refractivity contribution in [3.63, 3.8) is 0 Å². The van der Waals surface area contributed by atoms with Crippen LogP contribution in [0.4, 0.5) is 0 Å². The highest BCUT2D eigenvalue weighted by atomic mass is 32.2. The van der Waals surface area contributed by atoms with Crippen LogP contribution in [0.25, 0.3) is 0 Å². The Morgan fingerprint density at radius 3 is 2.25 bits per heavy atom. The van der Waals surface area contributed by atoms with Gasteiger partial charge in [0.15, 0.2) is 0 Å². The van der Waals surface area contributed by atoms with E-state index in [-0.39, 0.29) is 5.75 Å². The molecule has 16 heavy (non-hydrogen) atoms. The summed E-state index contributed by atoms with van der Waals surface area (Å²) in [5.41, 5.74) is 0. The van der Waals surface area contributed by atoms with Gasteiger partial charge in [0, 0.05) is 18.8 Å². The van der Waals surface area contributed by atoms with Gasteiger partial charge in [-0.2, -0.15) is 8.42 Å². The van der Waals surface area contributed by atoms with Gasteiger partial charge in [0.1, 0.15) is 9.57 Å². The molecular formula is C8H17NO4S3. The summed E-state index contributed by atoms with van der Waals surface area (Å²) in [6.07, 6.45) is 0. The van der Waals surface area contributed by atoms with E-state index in [1.807, 2.05) is 18.7 Å². The predicted molar refractivity (Wildman–Crippen MR) is 70.4 cm³/mol. The van der Waals surface area contributed by atoms with Crippen molar-refractivity contribution in [1.82, 2.24) is 4.90 Å². The smallest absolute Gasteiger partial charge is 0.270 e. The molecule has 0 radical (unpaired) electrons. The van der Waals surface area contributed by atoms with Gasteiger partial charge in [-0.05, 0) is 13.8 Å². The van der Waals surface area contributed by atoms with Gasteiger partial charge in [-0.1, -0.05) is 24.0 Å². The molecule has 5 nitrogen and oxygen atoms in total. The van der Waals surface area contributed by atoms with Gasteiger partial charge in [0.2, 0.25) is 0 Å². The summed E-state index contributed by atoms with van der Waals surface area (Å²) in [4.78, 5) is 1.90. The SMILES string of the molecule is CCN(CC)C(=S)SCC(CO)S(=O)(=O)O. The van der Waals surface area contributed by atoms with Gasteiger partial charge in [-0.3, -0.25) is 4.55 Å². The zero-order valence-corrected chi connectivity index (χ0v) is 11.7. The molecule has 0 amide bonds. The van der Waals surface area contributed by atoms with Crippen LogP contribution in [0.5, 0.6) is 0 Å². The minimum absolute atomic E-state index is 0.0602. The molecule has 0 aromatic carbocycles. The van der Waals surface area contributed by atoms with E-state index in [2.05, 4.69) is 0 Å². The molecular weight excluding hydrogens is 270 g/mol. The molecule has 2 N–H and O–H groups in total. The zero-order chi connectivity index (χ0) is 12.8. The Hall–Kier alpha value is 0.110. The molecule has 0 aliphatic rings. The molecule has 0 rings (SSSR count). The summed E-state index contributed by atoms with van der Waals surface area (Å²) < 4.78 is 31.0. The Balaban J connectivity index is 4.28. The summed E-state index contributed by atoms with van der Waals surface area (Å²) in [5, 5.41) is 7.64. The largest absolute Gasteiger partial charge is 0.395 e. The van der Waals surface area contributed by atoms with Crippen LogP contribution in [-0.2, 0) is 10.1 Å². The van der Waals surface area contributed by atoms with Crippen molar-refractivity contribution >= 4 is 38.4 Å². The van der Waals surface area contributed by atoms with Crippen molar-refractivity contribution in [3.05, 3.63) is 0 Å². The molecule has 0 fully saturated rings. The number of thioether (sulfide) groups is 1. The third-order valence-electron chi connectivity index (χ3n) is 2.04. The third kappa shape index (κ3) is 5.44. The second kappa shape index (κ2) is 7.44. The number of nitrogens with zero attached hydrogens (tertiary/aromatic N) is 1. The number of rotatable bonds is 6. The number of thiocarbonyl (C=S) groups is 1. The van der Waals surface area contributed by atoms with E-state index in [9.17, 15) is 8.42 Å². The summed E-state index contributed by atoms with van der Waals surface area (Å²) >= 11 is 6.25. The molecule has 0 saturated carbocycles. The van der Waals surface area contributed by atoms with Gasteiger partial charge in [-0.15, -0.1) is 0 Å². The van der Waals surface area contributed by atoms with E-state index in [4.69, 9.17) is 21.9 Å². The Morgan fingerprint density at radius 2 is 1.94 bits per heavy atom. The maximum atomic E-state index is 10.8. The Kier molecular flexibility index (Phi) is 7.49.